The van der Waals surface area contributed by atoms with Crippen LogP contribution in [-0.4, -0.2) is 28.4 Å². The van der Waals surface area contributed by atoms with E-state index < -0.39 is 0 Å². The lowest BCUT2D eigenvalue weighted by Crippen LogP contribution is -1.91. The van der Waals surface area contributed by atoms with Gasteiger partial charge in [-0.25, -0.2) is 4.42 Å². The van der Waals surface area contributed by atoms with Crippen molar-refractivity contribution in [2.45, 2.75) is 0 Å². The number of methoxy groups -OCH3 is 4. The van der Waals surface area contributed by atoms with Crippen LogP contribution >= 0.6 is 0 Å². The fourth-order valence-electron chi connectivity index (χ4n) is 3.56. The molecular formula is C27H25O5+. The molecule has 5 heteroatoms. The Balaban J connectivity index is 1.84. The summed E-state index contributed by atoms with van der Waals surface area (Å²) < 4.78 is 27.9. The Bertz CT molecular complexity index is 1260. The van der Waals surface area contributed by atoms with Gasteiger partial charge in [0, 0.05) is 6.08 Å². The first kappa shape index (κ1) is 21.2. The molecule has 0 aliphatic rings. The molecule has 0 unspecified atom stereocenters. The highest BCUT2D eigenvalue weighted by Crippen LogP contribution is 2.35. The van der Waals surface area contributed by atoms with Gasteiger partial charge in [0.2, 0.25) is 5.75 Å². The maximum atomic E-state index is 6.35. The predicted octanol–water partition coefficient (Wildman–Crippen LogP) is 6.59. The zero-order valence-corrected chi connectivity index (χ0v) is 18.5. The Morgan fingerprint density at radius 2 is 1.41 bits per heavy atom. The summed E-state index contributed by atoms with van der Waals surface area (Å²) in [7, 11) is 6.54. The molecule has 4 rings (SSSR count). The maximum Gasteiger partial charge on any atom is 0.402 e. The number of para-hydroxylation sites is 1. The number of hydrogen-bond donors (Lipinski definition) is 0. The van der Waals surface area contributed by atoms with Crippen molar-refractivity contribution in [3.8, 4) is 34.1 Å². The molecule has 32 heavy (non-hydrogen) atoms. The molecule has 4 aromatic rings. The normalized spacial score (nSPS) is 11.0. The van der Waals surface area contributed by atoms with Crippen molar-refractivity contribution >= 4 is 23.1 Å². The molecule has 0 radical (unpaired) electrons. The minimum Gasteiger partial charge on any atom is -0.497 e. The fraction of sp³-hybridized carbons (Fsp3) is 0.148. The van der Waals surface area contributed by atoms with Crippen LogP contribution < -0.4 is 18.9 Å². The number of benzene rings is 3. The van der Waals surface area contributed by atoms with E-state index in [1.54, 1.807) is 28.4 Å². The van der Waals surface area contributed by atoms with Gasteiger partial charge in [0.15, 0.2) is 11.5 Å². The van der Waals surface area contributed by atoms with Crippen molar-refractivity contribution < 1.29 is 23.4 Å². The summed E-state index contributed by atoms with van der Waals surface area (Å²) in [6.45, 7) is 0. The molecule has 0 saturated heterocycles. The molecule has 3 aromatic carbocycles. The molecule has 0 bridgehead atoms. The highest BCUT2D eigenvalue weighted by Gasteiger charge is 2.22. The Morgan fingerprint density at radius 1 is 0.656 bits per heavy atom. The fourth-order valence-corrected chi connectivity index (χ4v) is 3.56. The smallest absolute Gasteiger partial charge is 0.402 e. The van der Waals surface area contributed by atoms with E-state index in [9.17, 15) is 0 Å². The van der Waals surface area contributed by atoms with Crippen LogP contribution in [0.4, 0.5) is 0 Å². The minimum atomic E-state index is 0.669. The highest BCUT2D eigenvalue weighted by molar-refractivity contribution is 5.90. The van der Waals surface area contributed by atoms with Gasteiger partial charge in [-0.2, -0.15) is 0 Å². The first-order chi connectivity index (χ1) is 15.7. The van der Waals surface area contributed by atoms with Gasteiger partial charge in [0.25, 0.3) is 0 Å². The van der Waals surface area contributed by atoms with Gasteiger partial charge in [-0.15, -0.1) is 0 Å². The van der Waals surface area contributed by atoms with Crippen molar-refractivity contribution in [2.24, 2.45) is 0 Å². The molecule has 0 spiro atoms. The third-order valence-electron chi connectivity index (χ3n) is 5.24. The van der Waals surface area contributed by atoms with Gasteiger partial charge in [-0.3, -0.25) is 0 Å². The first-order valence-electron chi connectivity index (χ1n) is 10.1. The second kappa shape index (κ2) is 9.43. The van der Waals surface area contributed by atoms with Crippen molar-refractivity contribution in [1.82, 2.24) is 0 Å². The van der Waals surface area contributed by atoms with Crippen LogP contribution in [0.15, 0.2) is 71.1 Å². The third-order valence-corrected chi connectivity index (χ3v) is 5.24. The van der Waals surface area contributed by atoms with E-state index >= 15 is 0 Å². The standard InChI is InChI=1S/C27H25O5/c1-28-21-12-10-19(11-13-21)22-17-20-6-5-7-25(30-3)27(20)32-23(22)14-8-18-9-15-24(29-2)26(16-18)31-4/h5-17H,1-4H3/q+1/b14-8+. The quantitative estimate of drug-likeness (QED) is 0.310. The van der Waals surface area contributed by atoms with Gasteiger partial charge < -0.3 is 18.9 Å². The van der Waals surface area contributed by atoms with Gasteiger partial charge in [-0.05, 0) is 59.7 Å². The van der Waals surface area contributed by atoms with Gasteiger partial charge >= 0.3 is 11.3 Å². The zero-order chi connectivity index (χ0) is 22.5. The van der Waals surface area contributed by atoms with E-state index in [1.807, 2.05) is 72.8 Å². The van der Waals surface area contributed by atoms with E-state index in [1.165, 1.54) is 0 Å². The second-order valence-electron chi connectivity index (χ2n) is 7.08. The number of hydrogen-bond acceptors (Lipinski definition) is 4. The van der Waals surface area contributed by atoms with E-state index in [-0.39, 0.29) is 0 Å². The van der Waals surface area contributed by atoms with Crippen molar-refractivity contribution in [1.29, 1.82) is 0 Å². The summed E-state index contributed by atoms with van der Waals surface area (Å²) >= 11 is 0. The summed E-state index contributed by atoms with van der Waals surface area (Å²) in [6, 6.07) is 21.6. The molecule has 0 aliphatic carbocycles. The Morgan fingerprint density at radius 3 is 2.09 bits per heavy atom. The van der Waals surface area contributed by atoms with Crippen LogP contribution in [-0.2, 0) is 0 Å². The maximum absolute atomic E-state index is 6.35. The Labute approximate surface area is 187 Å². The van der Waals surface area contributed by atoms with Crippen molar-refractivity contribution in [2.75, 3.05) is 28.4 Å². The number of ether oxygens (including phenoxy) is 4. The van der Waals surface area contributed by atoms with Gasteiger partial charge in [-0.1, -0.05) is 24.3 Å². The third kappa shape index (κ3) is 4.23. The Kier molecular flexibility index (Phi) is 6.26. The average molecular weight is 429 g/mol. The molecule has 0 fully saturated rings. The minimum absolute atomic E-state index is 0.669. The monoisotopic (exact) mass is 429 g/mol. The van der Waals surface area contributed by atoms with E-state index in [2.05, 4.69) is 6.07 Å². The molecule has 0 atom stereocenters. The van der Waals surface area contributed by atoms with Crippen LogP contribution in [0.25, 0.3) is 34.2 Å². The molecule has 1 heterocycles. The second-order valence-corrected chi connectivity index (χ2v) is 7.08. The van der Waals surface area contributed by atoms with E-state index in [0.717, 1.165) is 27.8 Å². The van der Waals surface area contributed by atoms with Crippen LogP contribution in [0.2, 0.25) is 0 Å². The van der Waals surface area contributed by atoms with Crippen LogP contribution in [0.3, 0.4) is 0 Å². The predicted molar refractivity (Wildman–Crippen MR) is 128 cm³/mol. The summed E-state index contributed by atoms with van der Waals surface area (Å²) in [4.78, 5) is 0. The molecule has 1 aromatic heterocycles. The Hall–Kier alpha value is -3.99. The lowest BCUT2D eigenvalue weighted by molar-refractivity contribution is 0.355. The summed E-state index contributed by atoms with van der Waals surface area (Å²) in [5.41, 5.74) is 3.63. The summed E-state index contributed by atoms with van der Waals surface area (Å²) in [6.07, 6.45) is 3.93. The van der Waals surface area contributed by atoms with Crippen molar-refractivity contribution in [3.05, 3.63) is 78.1 Å². The summed E-state index contributed by atoms with van der Waals surface area (Å²) in [5.74, 6) is 3.55. The van der Waals surface area contributed by atoms with Gasteiger partial charge in [0.05, 0.1) is 39.4 Å². The molecule has 0 N–H and O–H groups in total. The molecule has 162 valence electrons. The van der Waals surface area contributed by atoms with Crippen LogP contribution in [0, 0.1) is 0 Å². The zero-order valence-electron chi connectivity index (χ0n) is 18.5. The SMILES string of the molecule is COc1ccc(-c2cc3cccc(OC)c3[o+]c2/C=C/c2ccc(OC)c(OC)c2)cc1. The lowest BCUT2D eigenvalue weighted by Gasteiger charge is -2.07. The lowest BCUT2D eigenvalue weighted by atomic mass is 10.0. The van der Waals surface area contributed by atoms with E-state index in [0.29, 0.717) is 28.6 Å². The van der Waals surface area contributed by atoms with Crippen molar-refractivity contribution in [3.63, 3.8) is 0 Å². The number of rotatable bonds is 7. The largest absolute Gasteiger partial charge is 0.497 e. The number of fused-ring (bicyclic) bond motifs is 1. The molecule has 0 aliphatic heterocycles. The molecular weight excluding hydrogens is 404 g/mol. The van der Waals surface area contributed by atoms with E-state index in [4.69, 9.17) is 23.4 Å². The molecule has 5 nitrogen and oxygen atoms in total. The first-order valence-corrected chi connectivity index (χ1v) is 10.1. The summed E-state index contributed by atoms with van der Waals surface area (Å²) in [5, 5.41) is 0.957. The highest BCUT2D eigenvalue weighted by atomic mass is 16.5. The van der Waals surface area contributed by atoms with Crippen LogP contribution in [0.1, 0.15) is 11.3 Å². The van der Waals surface area contributed by atoms with Crippen LogP contribution in [0.5, 0.6) is 23.0 Å². The molecule has 0 amide bonds. The van der Waals surface area contributed by atoms with Gasteiger partial charge in [0.1, 0.15) is 5.75 Å². The average Bonchev–Trinajstić information content (AvgIpc) is 2.86. The molecule has 0 saturated carbocycles. The topological polar surface area (TPSA) is 48.2 Å².